The van der Waals surface area contributed by atoms with Crippen LogP contribution in [0.3, 0.4) is 0 Å². The van der Waals surface area contributed by atoms with Crippen molar-refractivity contribution < 1.29 is 24.3 Å². The molecule has 0 saturated heterocycles. The van der Waals surface area contributed by atoms with Crippen molar-refractivity contribution in [1.29, 1.82) is 0 Å². The SMILES string of the molecule is CC(CO)Nc1cc(C(=O)O)c(F)cc1[N+](=O)[O-]. The molecule has 0 heterocycles. The summed E-state index contributed by atoms with van der Waals surface area (Å²) in [5.41, 5.74) is -1.41. The first-order valence-corrected chi connectivity index (χ1v) is 4.95. The fraction of sp³-hybridized carbons (Fsp3) is 0.300. The normalized spacial score (nSPS) is 11.9. The zero-order chi connectivity index (χ0) is 13.9. The molecule has 1 unspecified atom stereocenters. The van der Waals surface area contributed by atoms with Gasteiger partial charge in [-0.15, -0.1) is 0 Å². The number of carboxylic acids is 1. The lowest BCUT2D eigenvalue weighted by Crippen LogP contribution is -2.20. The number of nitro benzene ring substituents is 1. The number of carbonyl (C=O) groups is 1. The van der Waals surface area contributed by atoms with Gasteiger partial charge in [0.2, 0.25) is 0 Å². The zero-order valence-electron chi connectivity index (χ0n) is 9.38. The van der Waals surface area contributed by atoms with Crippen molar-refractivity contribution in [3.63, 3.8) is 0 Å². The van der Waals surface area contributed by atoms with Gasteiger partial charge in [0.1, 0.15) is 11.5 Å². The van der Waals surface area contributed by atoms with Gasteiger partial charge in [-0.2, -0.15) is 0 Å². The Kier molecular flexibility index (Phi) is 4.16. The number of aliphatic hydroxyl groups is 1. The van der Waals surface area contributed by atoms with Gasteiger partial charge >= 0.3 is 5.97 Å². The Balaban J connectivity index is 3.30. The molecule has 0 aliphatic carbocycles. The molecule has 3 N–H and O–H groups in total. The number of benzene rings is 1. The smallest absolute Gasteiger partial charge is 0.338 e. The topological polar surface area (TPSA) is 113 Å². The van der Waals surface area contributed by atoms with Crippen LogP contribution in [0.2, 0.25) is 0 Å². The largest absolute Gasteiger partial charge is 0.478 e. The minimum Gasteiger partial charge on any atom is -0.478 e. The van der Waals surface area contributed by atoms with E-state index in [-0.39, 0.29) is 12.3 Å². The van der Waals surface area contributed by atoms with E-state index in [4.69, 9.17) is 10.2 Å². The van der Waals surface area contributed by atoms with Crippen molar-refractivity contribution in [3.05, 3.63) is 33.6 Å². The number of halogens is 1. The van der Waals surface area contributed by atoms with Gasteiger partial charge < -0.3 is 15.5 Å². The van der Waals surface area contributed by atoms with Crippen LogP contribution in [-0.4, -0.2) is 33.8 Å². The van der Waals surface area contributed by atoms with Crippen molar-refractivity contribution in [2.45, 2.75) is 13.0 Å². The van der Waals surface area contributed by atoms with Crippen molar-refractivity contribution in [1.82, 2.24) is 0 Å². The molecule has 0 aliphatic heterocycles. The molecule has 0 aromatic heterocycles. The molecule has 1 atom stereocenters. The maximum atomic E-state index is 13.3. The number of hydrogen-bond acceptors (Lipinski definition) is 5. The van der Waals surface area contributed by atoms with Crippen LogP contribution >= 0.6 is 0 Å². The minimum atomic E-state index is -1.53. The Morgan fingerprint density at radius 2 is 2.22 bits per heavy atom. The van der Waals surface area contributed by atoms with Crippen molar-refractivity contribution in [2.75, 3.05) is 11.9 Å². The highest BCUT2D eigenvalue weighted by atomic mass is 19.1. The number of carboxylic acid groups (broad SMARTS) is 1. The molecule has 0 amide bonds. The number of nitrogens with one attached hydrogen (secondary N) is 1. The second-order valence-electron chi connectivity index (χ2n) is 3.64. The molecule has 0 radical (unpaired) electrons. The number of aliphatic hydroxyl groups excluding tert-OH is 1. The molecule has 98 valence electrons. The van der Waals surface area contributed by atoms with Crippen LogP contribution in [0, 0.1) is 15.9 Å². The third-order valence-corrected chi connectivity index (χ3v) is 2.19. The number of hydrogen-bond donors (Lipinski definition) is 3. The first-order chi connectivity index (χ1) is 8.36. The lowest BCUT2D eigenvalue weighted by Gasteiger charge is -2.13. The number of rotatable bonds is 5. The monoisotopic (exact) mass is 258 g/mol. The Morgan fingerprint density at radius 3 is 2.67 bits per heavy atom. The van der Waals surface area contributed by atoms with Crippen LogP contribution in [0.1, 0.15) is 17.3 Å². The Morgan fingerprint density at radius 1 is 1.61 bits per heavy atom. The van der Waals surface area contributed by atoms with Crippen molar-refractivity contribution >= 4 is 17.3 Å². The van der Waals surface area contributed by atoms with Crippen LogP contribution in [0.25, 0.3) is 0 Å². The molecule has 18 heavy (non-hydrogen) atoms. The average molecular weight is 258 g/mol. The first kappa shape index (κ1) is 13.8. The fourth-order valence-corrected chi connectivity index (χ4v) is 1.30. The Hall–Kier alpha value is -2.22. The van der Waals surface area contributed by atoms with E-state index < -0.39 is 34.0 Å². The summed E-state index contributed by atoms with van der Waals surface area (Å²) in [6.45, 7) is 1.23. The quantitative estimate of drug-likeness (QED) is 0.540. The third-order valence-electron chi connectivity index (χ3n) is 2.19. The summed E-state index contributed by atoms with van der Waals surface area (Å²) >= 11 is 0. The van der Waals surface area contributed by atoms with E-state index in [1.807, 2.05) is 0 Å². The summed E-state index contributed by atoms with van der Waals surface area (Å²) in [6, 6.07) is 0.841. The second-order valence-corrected chi connectivity index (χ2v) is 3.64. The summed E-state index contributed by atoms with van der Waals surface area (Å²) in [4.78, 5) is 20.6. The van der Waals surface area contributed by atoms with E-state index in [0.29, 0.717) is 6.07 Å². The van der Waals surface area contributed by atoms with Crippen LogP contribution in [0.15, 0.2) is 12.1 Å². The standard InChI is InChI=1S/C10H11FN2O5/c1-5(4-14)12-8-2-6(10(15)16)7(11)3-9(8)13(17)18/h2-3,5,12,14H,4H2,1H3,(H,15,16). The molecule has 1 aromatic rings. The highest BCUT2D eigenvalue weighted by Gasteiger charge is 2.22. The van der Waals surface area contributed by atoms with E-state index in [2.05, 4.69) is 5.32 Å². The van der Waals surface area contributed by atoms with Crippen molar-refractivity contribution in [2.24, 2.45) is 0 Å². The van der Waals surface area contributed by atoms with Gasteiger partial charge in [-0.05, 0) is 13.0 Å². The maximum Gasteiger partial charge on any atom is 0.338 e. The fourth-order valence-electron chi connectivity index (χ4n) is 1.30. The summed E-state index contributed by atoms with van der Waals surface area (Å²) < 4.78 is 13.3. The number of nitro groups is 1. The summed E-state index contributed by atoms with van der Waals surface area (Å²) in [5, 5.41) is 30.8. The van der Waals surface area contributed by atoms with Gasteiger partial charge in [0.05, 0.1) is 23.2 Å². The van der Waals surface area contributed by atoms with Crippen LogP contribution in [0.5, 0.6) is 0 Å². The second kappa shape index (κ2) is 5.41. The molecular formula is C10H11FN2O5. The van der Waals surface area contributed by atoms with Gasteiger partial charge in [-0.25, -0.2) is 9.18 Å². The zero-order valence-corrected chi connectivity index (χ0v) is 9.38. The molecule has 8 heteroatoms. The Bertz CT molecular complexity index is 491. The average Bonchev–Trinajstić information content (AvgIpc) is 2.29. The summed E-state index contributed by atoms with van der Waals surface area (Å²) in [6.07, 6.45) is 0. The predicted molar refractivity (Wildman–Crippen MR) is 60.2 cm³/mol. The minimum absolute atomic E-state index is 0.152. The van der Waals surface area contributed by atoms with Gasteiger partial charge in [-0.3, -0.25) is 10.1 Å². The highest BCUT2D eigenvalue weighted by molar-refractivity contribution is 5.90. The van der Waals surface area contributed by atoms with Gasteiger partial charge in [0.25, 0.3) is 5.69 Å². The summed E-state index contributed by atoms with van der Waals surface area (Å²) in [5.74, 6) is -2.71. The molecule has 0 bridgehead atoms. The molecule has 0 spiro atoms. The first-order valence-electron chi connectivity index (χ1n) is 4.95. The van der Waals surface area contributed by atoms with E-state index in [1.54, 1.807) is 0 Å². The van der Waals surface area contributed by atoms with Gasteiger partial charge in [0, 0.05) is 6.04 Å². The lowest BCUT2D eigenvalue weighted by molar-refractivity contribution is -0.384. The van der Waals surface area contributed by atoms with Crippen LogP contribution in [0.4, 0.5) is 15.8 Å². The Labute approximate surface area is 101 Å². The van der Waals surface area contributed by atoms with Gasteiger partial charge in [-0.1, -0.05) is 0 Å². The molecule has 0 saturated carbocycles. The van der Waals surface area contributed by atoms with Crippen LogP contribution in [-0.2, 0) is 0 Å². The van der Waals surface area contributed by atoms with E-state index in [0.717, 1.165) is 6.07 Å². The molecule has 7 nitrogen and oxygen atoms in total. The number of anilines is 1. The lowest BCUT2D eigenvalue weighted by atomic mass is 10.1. The summed E-state index contributed by atoms with van der Waals surface area (Å²) in [7, 11) is 0. The molecule has 1 aromatic carbocycles. The number of nitrogens with zero attached hydrogens (tertiary/aromatic N) is 1. The highest BCUT2D eigenvalue weighted by Crippen LogP contribution is 2.28. The maximum absolute atomic E-state index is 13.3. The third kappa shape index (κ3) is 2.92. The van der Waals surface area contributed by atoms with Crippen LogP contribution < -0.4 is 5.32 Å². The molecule has 1 rings (SSSR count). The van der Waals surface area contributed by atoms with Gasteiger partial charge in [0.15, 0.2) is 0 Å². The predicted octanol–water partition coefficient (Wildman–Crippen LogP) is 1.22. The van der Waals surface area contributed by atoms with Crippen molar-refractivity contribution in [3.8, 4) is 0 Å². The molecular weight excluding hydrogens is 247 g/mol. The molecule has 0 aliphatic rings. The van der Waals surface area contributed by atoms with E-state index in [9.17, 15) is 19.3 Å². The van der Waals surface area contributed by atoms with E-state index in [1.165, 1.54) is 6.92 Å². The molecule has 0 fully saturated rings. The van der Waals surface area contributed by atoms with E-state index >= 15 is 0 Å². The number of aromatic carboxylic acids is 1.